The zero-order valence-electron chi connectivity index (χ0n) is 13.9. The van der Waals surface area contributed by atoms with Crippen LogP contribution < -0.4 is 15.5 Å². The summed E-state index contributed by atoms with van der Waals surface area (Å²) in [6.45, 7) is 3.57. The molecular weight excluding hydrogens is 322 g/mol. The van der Waals surface area contributed by atoms with E-state index in [1.807, 2.05) is 0 Å². The lowest BCUT2D eigenvalue weighted by molar-refractivity contribution is -0.114. The molecule has 2 rings (SSSR count). The summed E-state index contributed by atoms with van der Waals surface area (Å²) in [5, 5.41) is 15.9. The fourth-order valence-corrected chi connectivity index (χ4v) is 2.10. The van der Waals surface area contributed by atoms with Crippen molar-refractivity contribution in [1.29, 1.82) is 0 Å². The van der Waals surface area contributed by atoms with E-state index < -0.39 is 5.91 Å². The molecule has 0 unspecified atom stereocenters. The van der Waals surface area contributed by atoms with Gasteiger partial charge in [-0.15, -0.1) is 0 Å². The van der Waals surface area contributed by atoms with E-state index >= 15 is 0 Å². The third kappa shape index (κ3) is 5.35. The van der Waals surface area contributed by atoms with E-state index in [9.17, 15) is 14.7 Å². The fraction of sp³-hybridized carbons (Fsp3) is 0.167. The Kier molecular flexibility index (Phi) is 6.11. The van der Waals surface area contributed by atoms with E-state index in [1.54, 1.807) is 43.3 Å². The van der Waals surface area contributed by atoms with E-state index in [2.05, 4.69) is 15.8 Å². The van der Waals surface area contributed by atoms with Crippen LogP contribution in [0.1, 0.15) is 29.8 Å². The first kappa shape index (κ1) is 18.0. The van der Waals surface area contributed by atoms with Gasteiger partial charge in [0, 0.05) is 18.7 Å². The Morgan fingerprint density at radius 1 is 1.24 bits per heavy atom. The van der Waals surface area contributed by atoms with E-state index in [1.165, 1.54) is 19.2 Å². The van der Waals surface area contributed by atoms with Crippen molar-refractivity contribution in [3.63, 3.8) is 0 Å². The number of phenolic OH excluding ortho intramolecular Hbond substituents is 1. The topological polar surface area (TPSA) is 100 Å². The minimum absolute atomic E-state index is 0.113. The summed E-state index contributed by atoms with van der Waals surface area (Å²) < 4.78 is 5.46. The Morgan fingerprint density at radius 3 is 2.72 bits per heavy atom. The Bertz CT molecular complexity index is 803. The zero-order chi connectivity index (χ0) is 18.2. The second-order valence-corrected chi connectivity index (χ2v) is 5.12. The quantitative estimate of drug-likeness (QED) is 0.555. The molecule has 0 fully saturated rings. The van der Waals surface area contributed by atoms with Gasteiger partial charge in [0.25, 0.3) is 5.91 Å². The molecule has 0 bridgehead atoms. The molecule has 0 saturated carbocycles. The first-order valence-electron chi connectivity index (χ1n) is 7.66. The summed E-state index contributed by atoms with van der Waals surface area (Å²) >= 11 is 0. The van der Waals surface area contributed by atoms with Crippen molar-refractivity contribution in [1.82, 2.24) is 5.43 Å². The average Bonchev–Trinajstić information content (AvgIpc) is 2.55. The van der Waals surface area contributed by atoms with Crippen LogP contribution in [0.15, 0.2) is 47.6 Å². The maximum absolute atomic E-state index is 12.3. The minimum atomic E-state index is -0.450. The third-order valence-electron chi connectivity index (χ3n) is 3.10. The van der Waals surface area contributed by atoms with Gasteiger partial charge in [-0.3, -0.25) is 9.59 Å². The maximum Gasteiger partial charge on any atom is 0.275 e. The number of anilines is 1. The summed E-state index contributed by atoms with van der Waals surface area (Å²) in [6, 6.07) is 11.2. The summed E-state index contributed by atoms with van der Waals surface area (Å²) in [4.78, 5) is 23.4. The number of nitrogens with zero attached hydrogens (tertiary/aromatic N) is 1. The van der Waals surface area contributed by atoms with Gasteiger partial charge >= 0.3 is 0 Å². The lowest BCUT2D eigenvalue weighted by Gasteiger charge is -2.11. The number of aromatic hydroxyl groups is 1. The number of carbonyl (C=O) groups excluding carboxylic acids is 2. The number of phenols is 1. The molecule has 2 aromatic carbocycles. The van der Waals surface area contributed by atoms with Gasteiger partial charge in [0.05, 0.1) is 18.4 Å². The predicted molar refractivity (Wildman–Crippen MR) is 95.1 cm³/mol. The monoisotopic (exact) mass is 341 g/mol. The summed E-state index contributed by atoms with van der Waals surface area (Å²) in [7, 11) is 0. The lowest BCUT2D eigenvalue weighted by Crippen LogP contribution is -2.19. The van der Waals surface area contributed by atoms with Gasteiger partial charge in [0.2, 0.25) is 5.91 Å². The molecule has 7 nitrogen and oxygen atoms in total. The van der Waals surface area contributed by atoms with Gasteiger partial charge < -0.3 is 15.2 Å². The minimum Gasteiger partial charge on any atom is -0.508 e. The molecule has 0 aliphatic carbocycles. The maximum atomic E-state index is 12.3. The van der Waals surface area contributed by atoms with Crippen LogP contribution in [0, 0.1) is 0 Å². The molecule has 3 N–H and O–H groups in total. The molecule has 130 valence electrons. The standard InChI is InChI=1S/C18H19N3O4/c1-3-25-17-10-14(20-12(2)22)7-8-16(17)18(24)21-19-11-13-5-4-6-15(23)9-13/h4-11,23H,3H2,1-2H3,(H,20,22)(H,21,24)/b19-11-. The van der Waals surface area contributed by atoms with Gasteiger partial charge in [-0.1, -0.05) is 12.1 Å². The fourth-order valence-electron chi connectivity index (χ4n) is 2.10. The number of ether oxygens (including phenoxy) is 1. The molecule has 0 spiro atoms. The van der Waals surface area contributed by atoms with Crippen molar-refractivity contribution >= 4 is 23.7 Å². The van der Waals surface area contributed by atoms with E-state index in [4.69, 9.17) is 4.74 Å². The van der Waals surface area contributed by atoms with Crippen molar-refractivity contribution in [2.75, 3.05) is 11.9 Å². The number of amides is 2. The highest BCUT2D eigenvalue weighted by atomic mass is 16.5. The normalized spacial score (nSPS) is 10.5. The average molecular weight is 341 g/mol. The Morgan fingerprint density at radius 2 is 2.04 bits per heavy atom. The molecule has 0 radical (unpaired) electrons. The number of nitrogens with one attached hydrogen (secondary N) is 2. The van der Waals surface area contributed by atoms with E-state index in [-0.39, 0.29) is 11.7 Å². The summed E-state index contributed by atoms with van der Waals surface area (Å²) in [6.07, 6.45) is 1.42. The summed E-state index contributed by atoms with van der Waals surface area (Å²) in [5.41, 5.74) is 3.89. The first-order chi connectivity index (χ1) is 12.0. The van der Waals surface area contributed by atoms with Crippen LogP contribution in [0.5, 0.6) is 11.5 Å². The molecule has 0 heterocycles. The predicted octanol–water partition coefficient (Wildman–Crippen LogP) is 2.51. The van der Waals surface area contributed by atoms with Crippen LogP contribution in [0.2, 0.25) is 0 Å². The Labute approximate surface area is 145 Å². The molecule has 2 amide bonds. The molecule has 0 aromatic heterocycles. The van der Waals surface area contributed by atoms with Gasteiger partial charge in [-0.2, -0.15) is 5.10 Å². The van der Waals surface area contributed by atoms with Crippen molar-refractivity contribution in [2.24, 2.45) is 5.10 Å². The number of carbonyl (C=O) groups is 2. The number of hydrazone groups is 1. The molecule has 25 heavy (non-hydrogen) atoms. The number of hydrogen-bond donors (Lipinski definition) is 3. The van der Waals surface area contributed by atoms with Gasteiger partial charge in [-0.05, 0) is 36.8 Å². The van der Waals surface area contributed by atoms with Crippen LogP contribution in [0.3, 0.4) is 0 Å². The van der Waals surface area contributed by atoms with Crippen molar-refractivity contribution < 1.29 is 19.4 Å². The lowest BCUT2D eigenvalue weighted by atomic mass is 10.1. The van der Waals surface area contributed by atoms with Crippen LogP contribution in [0.25, 0.3) is 0 Å². The highest BCUT2D eigenvalue weighted by Crippen LogP contribution is 2.23. The highest BCUT2D eigenvalue weighted by Gasteiger charge is 2.13. The summed E-state index contributed by atoms with van der Waals surface area (Å²) in [5.74, 6) is -0.203. The van der Waals surface area contributed by atoms with Crippen LogP contribution in [-0.2, 0) is 4.79 Å². The third-order valence-corrected chi connectivity index (χ3v) is 3.10. The Hall–Kier alpha value is -3.35. The van der Waals surface area contributed by atoms with Crippen molar-refractivity contribution in [3.05, 3.63) is 53.6 Å². The van der Waals surface area contributed by atoms with Gasteiger partial charge in [0.15, 0.2) is 0 Å². The number of rotatable bonds is 6. The molecule has 0 aliphatic rings. The zero-order valence-corrected chi connectivity index (χ0v) is 13.9. The van der Waals surface area contributed by atoms with Crippen molar-refractivity contribution in [2.45, 2.75) is 13.8 Å². The molecule has 0 aliphatic heterocycles. The Balaban J connectivity index is 2.13. The first-order valence-corrected chi connectivity index (χ1v) is 7.66. The highest BCUT2D eigenvalue weighted by molar-refractivity contribution is 5.98. The molecule has 0 atom stereocenters. The molecule has 7 heteroatoms. The molecular formula is C18H19N3O4. The second-order valence-electron chi connectivity index (χ2n) is 5.12. The van der Waals surface area contributed by atoms with E-state index in [0.29, 0.717) is 29.2 Å². The van der Waals surface area contributed by atoms with E-state index in [0.717, 1.165) is 0 Å². The smallest absolute Gasteiger partial charge is 0.275 e. The second kappa shape index (κ2) is 8.49. The van der Waals surface area contributed by atoms with Crippen molar-refractivity contribution in [3.8, 4) is 11.5 Å². The van der Waals surface area contributed by atoms with Gasteiger partial charge in [-0.25, -0.2) is 5.43 Å². The van der Waals surface area contributed by atoms with Gasteiger partial charge in [0.1, 0.15) is 11.5 Å². The largest absolute Gasteiger partial charge is 0.508 e. The SMILES string of the molecule is CCOc1cc(NC(C)=O)ccc1C(=O)N/N=C\c1cccc(O)c1. The molecule has 0 saturated heterocycles. The van der Waals surface area contributed by atoms with Crippen LogP contribution >= 0.6 is 0 Å². The molecule has 2 aromatic rings. The van der Waals surface area contributed by atoms with Crippen LogP contribution in [0.4, 0.5) is 5.69 Å². The van der Waals surface area contributed by atoms with Crippen LogP contribution in [-0.4, -0.2) is 29.7 Å². The number of benzene rings is 2. The number of hydrogen-bond acceptors (Lipinski definition) is 5.